The van der Waals surface area contributed by atoms with Gasteiger partial charge in [-0.05, 0) is 43.5 Å². The van der Waals surface area contributed by atoms with Gasteiger partial charge in [-0.15, -0.1) is 0 Å². The van der Waals surface area contributed by atoms with E-state index in [-0.39, 0.29) is 17.6 Å². The Morgan fingerprint density at radius 2 is 2.23 bits per heavy atom. The number of aromatic nitrogens is 2. The standard InChI is InChI=1S/C16H17FN4O/c17-10-2-1-7-18-15(10)12-5-6-13(20-12)16(22)21-14-8-9-3-4-11(14)19-9/h1-2,5-7,9,11,14,19-20H,3-4,8H2,(H,21,22)/t9-,11+,14-/m1/s1. The minimum absolute atomic E-state index is 0.151. The molecule has 114 valence electrons. The Labute approximate surface area is 127 Å². The third-order valence-electron chi connectivity index (χ3n) is 4.56. The van der Waals surface area contributed by atoms with Gasteiger partial charge in [0, 0.05) is 24.3 Å². The van der Waals surface area contributed by atoms with E-state index in [0.29, 0.717) is 23.5 Å². The summed E-state index contributed by atoms with van der Waals surface area (Å²) >= 11 is 0. The highest BCUT2D eigenvalue weighted by molar-refractivity contribution is 5.93. The summed E-state index contributed by atoms with van der Waals surface area (Å²) in [6.45, 7) is 0. The molecule has 0 spiro atoms. The first-order valence-electron chi connectivity index (χ1n) is 7.57. The third kappa shape index (κ3) is 2.29. The van der Waals surface area contributed by atoms with E-state index in [1.54, 1.807) is 12.1 Å². The average molecular weight is 300 g/mol. The number of nitrogens with one attached hydrogen (secondary N) is 3. The number of nitrogens with zero attached hydrogens (tertiary/aromatic N) is 1. The molecule has 2 fully saturated rings. The first-order chi connectivity index (χ1) is 10.7. The van der Waals surface area contributed by atoms with Crippen LogP contribution in [-0.2, 0) is 0 Å². The molecular formula is C16H17FN4O. The number of halogens is 1. The van der Waals surface area contributed by atoms with Gasteiger partial charge in [-0.1, -0.05) is 0 Å². The highest BCUT2D eigenvalue weighted by Gasteiger charge is 2.39. The first kappa shape index (κ1) is 13.5. The van der Waals surface area contributed by atoms with Crippen molar-refractivity contribution in [2.75, 3.05) is 0 Å². The number of H-pyrrole nitrogens is 1. The summed E-state index contributed by atoms with van der Waals surface area (Å²) in [6.07, 6.45) is 4.83. The second-order valence-electron chi connectivity index (χ2n) is 5.98. The molecule has 2 saturated heterocycles. The van der Waals surface area contributed by atoms with E-state index >= 15 is 0 Å². The zero-order valence-corrected chi connectivity index (χ0v) is 12.0. The van der Waals surface area contributed by atoms with Gasteiger partial charge in [0.1, 0.15) is 11.4 Å². The minimum atomic E-state index is -0.409. The average Bonchev–Trinajstić information content (AvgIpc) is 3.24. The Balaban J connectivity index is 1.49. The van der Waals surface area contributed by atoms with Crippen molar-refractivity contribution < 1.29 is 9.18 Å². The lowest BCUT2D eigenvalue weighted by atomic mass is 9.95. The van der Waals surface area contributed by atoms with E-state index in [2.05, 4.69) is 20.6 Å². The summed E-state index contributed by atoms with van der Waals surface area (Å²) < 4.78 is 13.7. The quantitative estimate of drug-likeness (QED) is 0.810. The van der Waals surface area contributed by atoms with Crippen molar-refractivity contribution in [1.82, 2.24) is 20.6 Å². The lowest BCUT2D eigenvalue weighted by Crippen LogP contribution is -2.43. The molecule has 4 heterocycles. The predicted octanol–water partition coefficient (Wildman–Crippen LogP) is 1.84. The van der Waals surface area contributed by atoms with Crippen molar-refractivity contribution in [2.45, 2.75) is 37.4 Å². The molecule has 0 saturated carbocycles. The van der Waals surface area contributed by atoms with Gasteiger partial charge in [-0.3, -0.25) is 9.78 Å². The summed E-state index contributed by atoms with van der Waals surface area (Å²) in [6, 6.07) is 7.35. The van der Waals surface area contributed by atoms with Crippen LogP contribution < -0.4 is 10.6 Å². The Bertz CT molecular complexity index is 714. The second-order valence-corrected chi connectivity index (χ2v) is 5.98. The number of fused-ring (bicyclic) bond motifs is 2. The highest BCUT2D eigenvalue weighted by Crippen LogP contribution is 2.28. The maximum absolute atomic E-state index is 13.7. The van der Waals surface area contributed by atoms with Crippen LogP contribution >= 0.6 is 0 Å². The lowest BCUT2D eigenvalue weighted by Gasteiger charge is -2.21. The molecule has 0 unspecified atom stereocenters. The Morgan fingerprint density at radius 1 is 1.32 bits per heavy atom. The second kappa shape index (κ2) is 5.21. The minimum Gasteiger partial charge on any atom is -0.349 e. The summed E-state index contributed by atoms with van der Waals surface area (Å²) in [5.74, 6) is -0.560. The topological polar surface area (TPSA) is 69.8 Å². The number of aromatic amines is 1. The van der Waals surface area contributed by atoms with E-state index in [0.717, 1.165) is 12.8 Å². The van der Waals surface area contributed by atoms with Gasteiger partial charge in [0.05, 0.1) is 5.69 Å². The molecule has 2 bridgehead atoms. The Morgan fingerprint density at radius 3 is 2.95 bits per heavy atom. The van der Waals surface area contributed by atoms with E-state index < -0.39 is 5.82 Å². The summed E-state index contributed by atoms with van der Waals surface area (Å²) in [5.41, 5.74) is 1.17. The molecule has 2 aliphatic rings. The van der Waals surface area contributed by atoms with Crippen molar-refractivity contribution in [1.29, 1.82) is 0 Å². The van der Waals surface area contributed by atoms with Crippen molar-refractivity contribution in [3.05, 3.63) is 42.0 Å². The zero-order valence-electron chi connectivity index (χ0n) is 12.0. The number of hydrogen-bond donors (Lipinski definition) is 3. The molecule has 0 radical (unpaired) electrons. The molecular weight excluding hydrogens is 283 g/mol. The van der Waals surface area contributed by atoms with Gasteiger partial charge in [-0.25, -0.2) is 4.39 Å². The molecule has 3 N–H and O–H groups in total. The van der Waals surface area contributed by atoms with Crippen molar-refractivity contribution >= 4 is 5.91 Å². The third-order valence-corrected chi connectivity index (χ3v) is 4.56. The molecule has 2 aromatic heterocycles. The number of carbonyl (C=O) groups is 1. The fraction of sp³-hybridized carbons (Fsp3) is 0.375. The van der Waals surface area contributed by atoms with Gasteiger partial charge >= 0.3 is 0 Å². The molecule has 2 aliphatic heterocycles. The summed E-state index contributed by atoms with van der Waals surface area (Å²) in [5, 5.41) is 6.55. The van der Waals surface area contributed by atoms with E-state index in [4.69, 9.17) is 0 Å². The maximum atomic E-state index is 13.7. The normalized spacial score (nSPS) is 26.3. The van der Waals surface area contributed by atoms with E-state index in [1.165, 1.54) is 24.8 Å². The number of rotatable bonds is 3. The van der Waals surface area contributed by atoms with Crippen LogP contribution in [-0.4, -0.2) is 34.0 Å². The van der Waals surface area contributed by atoms with E-state index in [9.17, 15) is 9.18 Å². The smallest absolute Gasteiger partial charge is 0.267 e. The van der Waals surface area contributed by atoms with Gasteiger partial charge in [-0.2, -0.15) is 0 Å². The van der Waals surface area contributed by atoms with Gasteiger partial charge in [0.2, 0.25) is 0 Å². The molecule has 4 rings (SSSR count). The van der Waals surface area contributed by atoms with Crippen LogP contribution in [0, 0.1) is 5.82 Å². The van der Waals surface area contributed by atoms with Gasteiger partial charge in [0.25, 0.3) is 5.91 Å². The Hall–Kier alpha value is -2.21. The number of amides is 1. The van der Waals surface area contributed by atoms with Crippen molar-refractivity contribution in [3.63, 3.8) is 0 Å². The highest BCUT2D eigenvalue weighted by atomic mass is 19.1. The van der Waals surface area contributed by atoms with Crippen LogP contribution in [0.5, 0.6) is 0 Å². The molecule has 3 atom stereocenters. The largest absolute Gasteiger partial charge is 0.349 e. The maximum Gasteiger partial charge on any atom is 0.267 e. The molecule has 2 aromatic rings. The lowest BCUT2D eigenvalue weighted by molar-refractivity contribution is 0.0926. The first-order valence-corrected chi connectivity index (χ1v) is 7.57. The monoisotopic (exact) mass is 300 g/mol. The summed E-state index contributed by atoms with van der Waals surface area (Å²) in [4.78, 5) is 19.3. The molecule has 1 amide bonds. The Kier molecular flexibility index (Phi) is 3.18. The zero-order chi connectivity index (χ0) is 15.1. The van der Waals surface area contributed by atoms with Crippen LogP contribution in [0.2, 0.25) is 0 Å². The van der Waals surface area contributed by atoms with Crippen LogP contribution in [0.1, 0.15) is 29.8 Å². The molecule has 0 aliphatic carbocycles. The van der Waals surface area contributed by atoms with Gasteiger partial charge < -0.3 is 15.6 Å². The van der Waals surface area contributed by atoms with Crippen LogP contribution in [0.3, 0.4) is 0 Å². The van der Waals surface area contributed by atoms with Crippen LogP contribution in [0.25, 0.3) is 11.4 Å². The van der Waals surface area contributed by atoms with Crippen molar-refractivity contribution in [2.24, 2.45) is 0 Å². The SMILES string of the molecule is O=C(N[C@@H]1C[C@H]2CC[C@@H]1N2)c1ccc(-c2ncccc2F)[nH]1. The van der Waals surface area contributed by atoms with E-state index in [1.807, 2.05) is 0 Å². The number of hydrogen-bond acceptors (Lipinski definition) is 3. The van der Waals surface area contributed by atoms with Gasteiger partial charge in [0.15, 0.2) is 5.82 Å². The molecule has 5 nitrogen and oxygen atoms in total. The fourth-order valence-electron chi connectivity index (χ4n) is 3.48. The van der Waals surface area contributed by atoms with Crippen molar-refractivity contribution in [3.8, 4) is 11.4 Å². The predicted molar refractivity (Wildman–Crippen MR) is 79.8 cm³/mol. The number of pyridine rings is 1. The van der Waals surface area contributed by atoms with Crippen LogP contribution in [0.4, 0.5) is 4.39 Å². The fourth-order valence-corrected chi connectivity index (χ4v) is 3.48. The molecule has 22 heavy (non-hydrogen) atoms. The molecule has 0 aromatic carbocycles. The molecule has 6 heteroatoms. The number of carbonyl (C=O) groups excluding carboxylic acids is 1. The van der Waals surface area contributed by atoms with Crippen LogP contribution in [0.15, 0.2) is 30.5 Å². The summed E-state index contributed by atoms with van der Waals surface area (Å²) in [7, 11) is 0.